The lowest BCUT2D eigenvalue weighted by molar-refractivity contribution is -0.137. The molecule has 0 aromatic heterocycles. The largest absolute Gasteiger partial charge is 0.468 e. The molecule has 0 aliphatic heterocycles. The maximum atomic E-state index is 11.2. The van der Waals surface area contributed by atoms with Crippen molar-refractivity contribution in [3.63, 3.8) is 0 Å². The third-order valence-corrected chi connectivity index (χ3v) is 2.90. The Balaban J connectivity index is 3.63. The molecule has 2 N–H and O–H groups in total. The van der Waals surface area contributed by atoms with Gasteiger partial charge in [0.05, 0.1) is 13.7 Å². The molecule has 0 saturated heterocycles. The van der Waals surface area contributed by atoms with E-state index in [0.717, 1.165) is 7.11 Å². The van der Waals surface area contributed by atoms with Gasteiger partial charge in [0.25, 0.3) is 0 Å². The Morgan fingerprint density at radius 1 is 1.19 bits per heavy atom. The van der Waals surface area contributed by atoms with Crippen LogP contribution in [0.25, 0.3) is 0 Å². The number of carbonyl (C=O) groups excluding carboxylic acids is 1. The number of esters is 1. The Kier molecular flexibility index (Phi) is 8.08. The summed E-state index contributed by atoms with van der Waals surface area (Å²) >= 11 is 0. The average molecular weight is 254 g/mol. The molecule has 0 saturated carbocycles. The molecule has 7 nitrogen and oxygen atoms in total. The van der Waals surface area contributed by atoms with Crippen molar-refractivity contribution in [2.45, 2.75) is 0 Å². The van der Waals surface area contributed by atoms with Crippen molar-refractivity contribution in [2.24, 2.45) is 0 Å². The van der Waals surface area contributed by atoms with Gasteiger partial charge in [-0.1, -0.05) is 0 Å². The van der Waals surface area contributed by atoms with E-state index in [2.05, 4.69) is 14.8 Å². The maximum Gasteiger partial charge on any atom is 0.322 e. The first-order chi connectivity index (χ1) is 7.52. The number of ether oxygens (including phenoxy) is 2. The van der Waals surface area contributed by atoms with E-state index in [4.69, 9.17) is 4.74 Å². The standard InChI is InChI=1S/C8H18N2O5S/c1-14-6-5-9-3-4-10-16(12,13)7-8(11)15-2/h9-10H,3-7H2,1-2H3. The summed E-state index contributed by atoms with van der Waals surface area (Å²) in [6.07, 6.45) is 0. The van der Waals surface area contributed by atoms with E-state index in [-0.39, 0.29) is 6.54 Å². The monoisotopic (exact) mass is 254 g/mol. The first kappa shape index (κ1) is 15.3. The van der Waals surface area contributed by atoms with E-state index in [1.165, 1.54) is 0 Å². The fourth-order valence-corrected chi connectivity index (χ4v) is 1.80. The van der Waals surface area contributed by atoms with Gasteiger partial charge in [0, 0.05) is 26.7 Å². The zero-order valence-corrected chi connectivity index (χ0v) is 10.3. The summed E-state index contributed by atoms with van der Waals surface area (Å²) in [5.41, 5.74) is 0. The highest BCUT2D eigenvalue weighted by molar-refractivity contribution is 7.90. The van der Waals surface area contributed by atoms with Gasteiger partial charge in [-0.25, -0.2) is 13.1 Å². The molecule has 0 aromatic carbocycles. The van der Waals surface area contributed by atoms with Crippen molar-refractivity contribution >= 4 is 16.0 Å². The third kappa shape index (κ3) is 8.60. The molecule has 0 atom stereocenters. The van der Waals surface area contributed by atoms with Gasteiger partial charge in [-0.3, -0.25) is 4.79 Å². The predicted molar refractivity (Wildman–Crippen MR) is 58.6 cm³/mol. The molecular formula is C8H18N2O5S. The molecule has 0 radical (unpaired) electrons. The van der Waals surface area contributed by atoms with Gasteiger partial charge in [-0.2, -0.15) is 0 Å². The fourth-order valence-electron chi connectivity index (χ4n) is 0.859. The van der Waals surface area contributed by atoms with Gasteiger partial charge in [-0.15, -0.1) is 0 Å². The van der Waals surface area contributed by atoms with Crippen molar-refractivity contribution in [1.82, 2.24) is 10.0 Å². The molecule has 0 fully saturated rings. The van der Waals surface area contributed by atoms with E-state index in [1.807, 2.05) is 0 Å². The quantitative estimate of drug-likeness (QED) is 0.377. The highest BCUT2D eigenvalue weighted by Gasteiger charge is 2.15. The second kappa shape index (κ2) is 8.45. The molecule has 0 spiro atoms. The molecule has 0 unspecified atom stereocenters. The Morgan fingerprint density at radius 2 is 1.88 bits per heavy atom. The van der Waals surface area contributed by atoms with Crippen LogP contribution in [0.4, 0.5) is 0 Å². The molecule has 0 aliphatic rings. The normalized spacial score (nSPS) is 11.4. The number of methoxy groups -OCH3 is 2. The molecule has 8 heteroatoms. The summed E-state index contributed by atoms with van der Waals surface area (Å²) in [5.74, 6) is -1.43. The highest BCUT2D eigenvalue weighted by Crippen LogP contribution is 1.85. The summed E-state index contributed by atoms with van der Waals surface area (Å²) in [4.78, 5) is 10.7. The molecule has 0 rings (SSSR count). The summed E-state index contributed by atoms with van der Waals surface area (Å²) in [6, 6.07) is 0. The summed E-state index contributed by atoms with van der Waals surface area (Å²) in [5, 5.41) is 2.96. The van der Waals surface area contributed by atoms with Crippen molar-refractivity contribution in [3.8, 4) is 0 Å². The number of hydrogen-bond donors (Lipinski definition) is 2. The molecule has 0 aromatic rings. The second-order valence-corrected chi connectivity index (χ2v) is 4.78. The molecule has 0 heterocycles. The van der Waals surface area contributed by atoms with Gasteiger partial charge in [-0.05, 0) is 0 Å². The van der Waals surface area contributed by atoms with Crippen LogP contribution in [0.5, 0.6) is 0 Å². The maximum absolute atomic E-state index is 11.2. The topological polar surface area (TPSA) is 93.7 Å². The van der Waals surface area contributed by atoms with E-state index in [9.17, 15) is 13.2 Å². The number of hydrogen-bond acceptors (Lipinski definition) is 6. The van der Waals surface area contributed by atoms with Gasteiger partial charge in [0.2, 0.25) is 10.0 Å². The number of carbonyl (C=O) groups is 1. The Morgan fingerprint density at radius 3 is 2.44 bits per heavy atom. The molecule has 0 amide bonds. The minimum absolute atomic E-state index is 0.225. The predicted octanol–water partition coefficient (Wildman–Crippen LogP) is -1.69. The Bertz CT molecular complexity index is 291. The zero-order chi connectivity index (χ0) is 12.4. The van der Waals surface area contributed by atoms with Crippen LogP contribution in [0.3, 0.4) is 0 Å². The lowest BCUT2D eigenvalue weighted by Gasteiger charge is -2.06. The van der Waals surface area contributed by atoms with Gasteiger partial charge in [0.1, 0.15) is 0 Å². The lowest BCUT2D eigenvalue weighted by atomic mass is 10.6. The lowest BCUT2D eigenvalue weighted by Crippen LogP contribution is -2.36. The fraction of sp³-hybridized carbons (Fsp3) is 0.875. The Hall–Kier alpha value is -0.700. The zero-order valence-electron chi connectivity index (χ0n) is 9.49. The van der Waals surface area contributed by atoms with Crippen LogP contribution < -0.4 is 10.0 Å². The SMILES string of the molecule is COCCNCCNS(=O)(=O)CC(=O)OC. The van der Waals surface area contributed by atoms with Crippen molar-refractivity contribution in [3.05, 3.63) is 0 Å². The third-order valence-electron chi connectivity index (χ3n) is 1.64. The number of rotatable bonds is 9. The Labute approximate surface area is 95.5 Å². The molecule has 96 valence electrons. The molecule has 0 bridgehead atoms. The van der Waals surface area contributed by atoms with Crippen LogP contribution in [0.15, 0.2) is 0 Å². The molecule has 16 heavy (non-hydrogen) atoms. The number of sulfonamides is 1. The van der Waals surface area contributed by atoms with Crippen molar-refractivity contribution < 1.29 is 22.7 Å². The molecule has 0 aliphatic carbocycles. The van der Waals surface area contributed by atoms with Crippen LogP contribution in [0.2, 0.25) is 0 Å². The van der Waals surface area contributed by atoms with E-state index < -0.39 is 21.7 Å². The summed E-state index contributed by atoms with van der Waals surface area (Å²) in [6.45, 7) is 1.91. The van der Waals surface area contributed by atoms with E-state index >= 15 is 0 Å². The second-order valence-electron chi connectivity index (χ2n) is 2.97. The van der Waals surface area contributed by atoms with Crippen LogP contribution in [0.1, 0.15) is 0 Å². The van der Waals surface area contributed by atoms with E-state index in [0.29, 0.717) is 19.7 Å². The van der Waals surface area contributed by atoms with Crippen molar-refractivity contribution in [2.75, 3.05) is 46.2 Å². The van der Waals surface area contributed by atoms with E-state index in [1.54, 1.807) is 7.11 Å². The first-order valence-corrected chi connectivity index (χ1v) is 6.41. The van der Waals surface area contributed by atoms with Gasteiger partial charge >= 0.3 is 5.97 Å². The first-order valence-electron chi connectivity index (χ1n) is 4.75. The summed E-state index contributed by atoms with van der Waals surface area (Å²) < 4.78 is 33.8. The minimum Gasteiger partial charge on any atom is -0.468 e. The highest BCUT2D eigenvalue weighted by atomic mass is 32.2. The minimum atomic E-state index is -3.58. The number of nitrogens with one attached hydrogen (secondary N) is 2. The van der Waals surface area contributed by atoms with Crippen LogP contribution in [-0.4, -0.2) is 60.6 Å². The average Bonchev–Trinajstić information content (AvgIpc) is 2.22. The smallest absolute Gasteiger partial charge is 0.322 e. The van der Waals surface area contributed by atoms with Gasteiger partial charge < -0.3 is 14.8 Å². The van der Waals surface area contributed by atoms with Crippen LogP contribution in [-0.2, 0) is 24.3 Å². The molecular weight excluding hydrogens is 236 g/mol. The summed E-state index contributed by atoms with van der Waals surface area (Å²) in [7, 11) is -0.854. The van der Waals surface area contributed by atoms with Crippen LogP contribution >= 0.6 is 0 Å². The van der Waals surface area contributed by atoms with Crippen molar-refractivity contribution in [1.29, 1.82) is 0 Å². The van der Waals surface area contributed by atoms with Crippen LogP contribution in [0, 0.1) is 0 Å². The van der Waals surface area contributed by atoms with Gasteiger partial charge in [0.15, 0.2) is 5.75 Å².